The maximum Gasteiger partial charge on any atom is 0.255 e. The van der Waals surface area contributed by atoms with Gasteiger partial charge in [-0.1, -0.05) is 41.9 Å². The second-order valence-electron chi connectivity index (χ2n) is 5.46. The summed E-state index contributed by atoms with van der Waals surface area (Å²) in [7, 11) is 1.58. The predicted octanol–water partition coefficient (Wildman–Crippen LogP) is 3.67. The maximum atomic E-state index is 12.3. The highest BCUT2D eigenvalue weighted by atomic mass is 35.5. The molecule has 0 heterocycles. The second kappa shape index (κ2) is 7.29. The minimum absolute atomic E-state index is 0.0438. The molecule has 0 aliphatic rings. The molecule has 2 rings (SSSR count). The van der Waals surface area contributed by atoms with Crippen LogP contribution >= 0.6 is 11.6 Å². The number of para-hydroxylation sites is 1. The molecule has 0 bridgehead atoms. The number of likely N-dealkylation sites (N-methyl/N-ethyl adjacent to an activating group) is 1. The summed E-state index contributed by atoms with van der Waals surface area (Å²) < 4.78 is 0. The highest BCUT2D eigenvalue weighted by molar-refractivity contribution is 6.33. The number of carbonyl (C=O) groups is 2. The molecule has 4 nitrogen and oxygen atoms in total. The standard InChI is InChI=1S/C18H19ClN2O2/c1-12-7-6-8-13(2)17(12)20-16(22)11-21(3)18(23)14-9-4-5-10-15(14)19/h4-10H,11H2,1-3H3,(H,20,22). The number of hydrogen-bond donors (Lipinski definition) is 1. The number of nitrogens with zero attached hydrogens (tertiary/aromatic N) is 1. The van der Waals surface area contributed by atoms with Crippen molar-refractivity contribution in [2.24, 2.45) is 0 Å². The third-order valence-electron chi connectivity index (χ3n) is 3.58. The van der Waals surface area contributed by atoms with Crippen LogP contribution in [0.25, 0.3) is 0 Å². The molecule has 0 atom stereocenters. The first-order valence-corrected chi connectivity index (χ1v) is 7.64. The molecule has 0 unspecified atom stereocenters. The van der Waals surface area contributed by atoms with Gasteiger partial charge in [0.2, 0.25) is 5.91 Å². The molecule has 2 aromatic rings. The average Bonchev–Trinajstić information content (AvgIpc) is 2.51. The molecule has 2 aromatic carbocycles. The van der Waals surface area contributed by atoms with Gasteiger partial charge in [0.1, 0.15) is 0 Å². The number of carbonyl (C=O) groups excluding carboxylic acids is 2. The largest absolute Gasteiger partial charge is 0.332 e. The van der Waals surface area contributed by atoms with Gasteiger partial charge in [0.15, 0.2) is 0 Å². The zero-order chi connectivity index (χ0) is 17.0. The fourth-order valence-electron chi connectivity index (χ4n) is 2.32. The molecule has 0 aromatic heterocycles. The Morgan fingerprint density at radius 3 is 2.26 bits per heavy atom. The van der Waals surface area contributed by atoms with Crippen molar-refractivity contribution in [2.75, 3.05) is 18.9 Å². The molecule has 120 valence electrons. The smallest absolute Gasteiger partial charge is 0.255 e. The lowest BCUT2D eigenvalue weighted by atomic mass is 10.1. The molecule has 0 radical (unpaired) electrons. The lowest BCUT2D eigenvalue weighted by Crippen LogP contribution is -2.35. The van der Waals surface area contributed by atoms with E-state index in [1.807, 2.05) is 32.0 Å². The molecule has 0 aliphatic carbocycles. The summed E-state index contributed by atoms with van der Waals surface area (Å²) in [6.45, 7) is 3.82. The third kappa shape index (κ3) is 4.11. The van der Waals surface area contributed by atoms with E-state index in [0.717, 1.165) is 16.8 Å². The summed E-state index contributed by atoms with van der Waals surface area (Å²) in [5, 5.41) is 3.24. The van der Waals surface area contributed by atoms with Crippen molar-refractivity contribution < 1.29 is 9.59 Å². The van der Waals surface area contributed by atoms with Gasteiger partial charge < -0.3 is 10.2 Å². The Bertz CT molecular complexity index is 723. The predicted molar refractivity (Wildman–Crippen MR) is 93.0 cm³/mol. The third-order valence-corrected chi connectivity index (χ3v) is 3.91. The van der Waals surface area contributed by atoms with Crippen molar-refractivity contribution in [3.8, 4) is 0 Å². The first-order chi connectivity index (χ1) is 10.9. The molecule has 23 heavy (non-hydrogen) atoms. The van der Waals surface area contributed by atoms with Gasteiger partial charge in [-0.3, -0.25) is 9.59 Å². The summed E-state index contributed by atoms with van der Waals surface area (Å²) in [5.74, 6) is -0.530. The number of rotatable bonds is 4. The zero-order valence-electron chi connectivity index (χ0n) is 13.4. The second-order valence-corrected chi connectivity index (χ2v) is 5.86. The highest BCUT2D eigenvalue weighted by Crippen LogP contribution is 2.20. The lowest BCUT2D eigenvalue weighted by Gasteiger charge is -2.18. The number of anilines is 1. The van der Waals surface area contributed by atoms with Gasteiger partial charge in [-0.25, -0.2) is 0 Å². The number of halogens is 1. The summed E-state index contributed by atoms with van der Waals surface area (Å²) >= 11 is 6.02. The Hall–Kier alpha value is -2.33. The fourth-order valence-corrected chi connectivity index (χ4v) is 2.53. The quantitative estimate of drug-likeness (QED) is 0.930. The maximum absolute atomic E-state index is 12.3. The van der Waals surface area contributed by atoms with Crippen LogP contribution in [0.5, 0.6) is 0 Å². The minimum Gasteiger partial charge on any atom is -0.332 e. The Labute approximate surface area is 141 Å². The van der Waals surface area contributed by atoms with Crippen LogP contribution in [-0.2, 0) is 4.79 Å². The highest BCUT2D eigenvalue weighted by Gasteiger charge is 2.17. The Morgan fingerprint density at radius 1 is 1.04 bits per heavy atom. The van der Waals surface area contributed by atoms with Crippen LogP contribution in [0, 0.1) is 13.8 Å². The van der Waals surface area contributed by atoms with Crippen LogP contribution in [0.4, 0.5) is 5.69 Å². The van der Waals surface area contributed by atoms with E-state index in [0.29, 0.717) is 10.6 Å². The van der Waals surface area contributed by atoms with Crippen molar-refractivity contribution in [3.63, 3.8) is 0 Å². The molecule has 5 heteroatoms. The number of amides is 2. The van der Waals surface area contributed by atoms with Crippen LogP contribution in [0.2, 0.25) is 5.02 Å². The van der Waals surface area contributed by atoms with Crippen LogP contribution in [0.15, 0.2) is 42.5 Å². The van der Waals surface area contributed by atoms with Crippen molar-refractivity contribution in [2.45, 2.75) is 13.8 Å². The van der Waals surface area contributed by atoms with Crippen LogP contribution < -0.4 is 5.32 Å². The zero-order valence-corrected chi connectivity index (χ0v) is 14.1. The fraction of sp³-hybridized carbons (Fsp3) is 0.222. The molecule has 0 aliphatic heterocycles. The van der Waals surface area contributed by atoms with Crippen LogP contribution in [0.3, 0.4) is 0 Å². The van der Waals surface area contributed by atoms with E-state index in [4.69, 9.17) is 11.6 Å². The van der Waals surface area contributed by atoms with Crippen molar-refractivity contribution in [3.05, 3.63) is 64.2 Å². The summed E-state index contributed by atoms with van der Waals surface area (Å²) in [5.41, 5.74) is 3.14. The molecule has 0 spiro atoms. The SMILES string of the molecule is Cc1cccc(C)c1NC(=O)CN(C)C(=O)c1ccccc1Cl. The number of hydrogen-bond acceptors (Lipinski definition) is 2. The van der Waals surface area contributed by atoms with E-state index >= 15 is 0 Å². The van der Waals surface area contributed by atoms with E-state index in [-0.39, 0.29) is 18.4 Å². The van der Waals surface area contributed by atoms with Crippen LogP contribution in [-0.4, -0.2) is 30.3 Å². The Kier molecular flexibility index (Phi) is 5.40. The minimum atomic E-state index is -0.285. The average molecular weight is 331 g/mol. The summed E-state index contributed by atoms with van der Waals surface area (Å²) in [4.78, 5) is 25.9. The van der Waals surface area contributed by atoms with Gasteiger partial charge in [0.05, 0.1) is 17.1 Å². The monoisotopic (exact) mass is 330 g/mol. The molecular formula is C18H19ClN2O2. The molecule has 0 saturated carbocycles. The van der Waals surface area contributed by atoms with Gasteiger partial charge in [-0.15, -0.1) is 0 Å². The number of aryl methyl sites for hydroxylation is 2. The summed E-state index contributed by atoms with van der Waals surface area (Å²) in [6, 6.07) is 12.6. The van der Waals surface area contributed by atoms with Gasteiger partial charge >= 0.3 is 0 Å². The summed E-state index contributed by atoms with van der Waals surface area (Å²) in [6.07, 6.45) is 0. The molecule has 0 fully saturated rings. The van der Waals surface area contributed by atoms with Gasteiger partial charge in [0, 0.05) is 12.7 Å². The van der Waals surface area contributed by atoms with Gasteiger partial charge in [0.25, 0.3) is 5.91 Å². The van der Waals surface area contributed by atoms with E-state index in [1.165, 1.54) is 4.90 Å². The molecular weight excluding hydrogens is 312 g/mol. The van der Waals surface area contributed by atoms with Crippen molar-refractivity contribution in [1.82, 2.24) is 4.90 Å². The Balaban J connectivity index is 2.05. The molecule has 0 saturated heterocycles. The lowest BCUT2D eigenvalue weighted by molar-refractivity contribution is -0.116. The van der Waals surface area contributed by atoms with E-state index in [2.05, 4.69) is 5.32 Å². The first kappa shape index (κ1) is 17.0. The molecule has 2 amide bonds. The Morgan fingerprint density at radius 2 is 1.65 bits per heavy atom. The van der Waals surface area contributed by atoms with Gasteiger partial charge in [-0.05, 0) is 37.1 Å². The topological polar surface area (TPSA) is 49.4 Å². The van der Waals surface area contributed by atoms with Crippen molar-refractivity contribution in [1.29, 1.82) is 0 Å². The van der Waals surface area contributed by atoms with Crippen LogP contribution in [0.1, 0.15) is 21.5 Å². The van der Waals surface area contributed by atoms with E-state index < -0.39 is 0 Å². The first-order valence-electron chi connectivity index (χ1n) is 7.26. The van der Waals surface area contributed by atoms with E-state index in [9.17, 15) is 9.59 Å². The normalized spacial score (nSPS) is 10.3. The van der Waals surface area contributed by atoms with Gasteiger partial charge in [-0.2, -0.15) is 0 Å². The van der Waals surface area contributed by atoms with Crippen molar-refractivity contribution >= 4 is 29.1 Å². The number of nitrogens with one attached hydrogen (secondary N) is 1. The van der Waals surface area contributed by atoms with E-state index in [1.54, 1.807) is 31.3 Å². The number of benzene rings is 2. The molecule has 1 N–H and O–H groups in total.